The van der Waals surface area contributed by atoms with Gasteiger partial charge in [-0.3, -0.25) is 4.79 Å². The highest BCUT2D eigenvalue weighted by atomic mass is 16.5. The summed E-state index contributed by atoms with van der Waals surface area (Å²) in [6.45, 7) is 3.26. The maximum absolute atomic E-state index is 11.8. The smallest absolute Gasteiger partial charge is 0.312 e. The molecule has 1 aromatic heterocycles. The summed E-state index contributed by atoms with van der Waals surface area (Å²) in [4.78, 5) is 15.2. The van der Waals surface area contributed by atoms with E-state index >= 15 is 0 Å². The van der Waals surface area contributed by atoms with Crippen LogP contribution in [0.15, 0.2) is 18.2 Å². The van der Waals surface area contributed by atoms with Crippen molar-refractivity contribution in [1.29, 1.82) is 0 Å². The number of H-pyrrole nitrogens is 1. The number of aromatic amines is 1. The summed E-state index contributed by atoms with van der Waals surface area (Å²) >= 11 is 0. The Morgan fingerprint density at radius 3 is 3.10 bits per heavy atom. The van der Waals surface area contributed by atoms with Crippen LogP contribution in [0.3, 0.4) is 0 Å². The molecule has 2 heterocycles. The van der Waals surface area contributed by atoms with Crippen LogP contribution in [0.2, 0.25) is 0 Å². The van der Waals surface area contributed by atoms with Crippen molar-refractivity contribution in [2.24, 2.45) is 0 Å². The number of methoxy groups -OCH3 is 1. The molecule has 0 spiro atoms. The van der Waals surface area contributed by atoms with Crippen LogP contribution in [0.5, 0.6) is 5.75 Å². The Balaban J connectivity index is 1.96. The fraction of sp³-hybridized carbons (Fsp3) is 0.438. The first-order chi connectivity index (χ1) is 10.2. The minimum Gasteiger partial charge on any atom is -0.497 e. The van der Waals surface area contributed by atoms with Crippen molar-refractivity contribution in [2.45, 2.75) is 25.8 Å². The van der Waals surface area contributed by atoms with Crippen LogP contribution >= 0.6 is 0 Å². The van der Waals surface area contributed by atoms with Gasteiger partial charge in [-0.05, 0) is 30.7 Å². The van der Waals surface area contributed by atoms with Gasteiger partial charge in [0.2, 0.25) is 0 Å². The Bertz CT molecular complexity index is 663. The summed E-state index contributed by atoms with van der Waals surface area (Å²) in [7, 11) is 1.68. The van der Waals surface area contributed by atoms with Gasteiger partial charge >= 0.3 is 5.97 Å². The third-order valence-corrected chi connectivity index (χ3v) is 4.05. The molecule has 1 unspecified atom stereocenters. The van der Waals surface area contributed by atoms with Crippen molar-refractivity contribution in [3.8, 4) is 5.75 Å². The number of esters is 1. The fourth-order valence-corrected chi connectivity index (χ4v) is 3.09. The molecule has 0 saturated heterocycles. The molecule has 1 aliphatic heterocycles. The zero-order chi connectivity index (χ0) is 14.8. The molecule has 0 fully saturated rings. The minimum absolute atomic E-state index is 0.117. The molecule has 0 saturated carbocycles. The van der Waals surface area contributed by atoms with E-state index in [1.54, 1.807) is 7.11 Å². The maximum atomic E-state index is 11.8. The second-order valence-electron chi connectivity index (χ2n) is 5.32. The van der Waals surface area contributed by atoms with Crippen LogP contribution in [0.25, 0.3) is 10.9 Å². The topological polar surface area (TPSA) is 67.9 Å². The van der Waals surface area contributed by atoms with Crippen molar-refractivity contribution in [3.05, 3.63) is 29.5 Å². The molecular formula is C16H21N2O3+. The van der Waals surface area contributed by atoms with E-state index in [1.807, 2.05) is 19.1 Å². The van der Waals surface area contributed by atoms with Gasteiger partial charge in [0.1, 0.15) is 18.2 Å². The molecule has 1 aromatic carbocycles. The monoisotopic (exact) mass is 289 g/mol. The van der Waals surface area contributed by atoms with E-state index in [0.717, 1.165) is 29.9 Å². The van der Waals surface area contributed by atoms with Gasteiger partial charge in [0.25, 0.3) is 0 Å². The van der Waals surface area contributed by atoms with Crippen molar-refractivity contribution >= 4 is 16.9 Å². The predicted molar refractivity (Wildman–Crippen MR) is 79.3 cm³/mol. The molecule has 21 heavy (non-hydrogen) atoms. The average Bonchev–Trinajstić information content (AvgIpc) is 2.86. The number of rotatable bonds is 4. The number of aromatic nitrogens is 1. The van der Waals surface area contributed by atoms with Crippen LogP contribution in [0.4, 0.5) is 0 Å². The van der Waals surface area contributed by atoms with Gasteiger partial charge in [0, 0.05) is 17.3 Å². The largest absolute Gasteiger partial charge is 0.497 e. The number of ether oxygens (including phenoxy) is 2. The molecule has 0 aliphatic carbocycles. The molecule has 0 amide bonds. The zero-order valence-corrected chi connectivity index (χ0v) is 12.4. The van der Waals surface area contributed by atoms with E-state index in [4.69, 9.17) is 9.47 Å². The molecule has 1 aliphatic rings. The molecule has 2 aromatic rings. The first-order valence-electron chi connectivity index (χ1n) is 7.40. The summed E-state index contributed by atoms with van der Waals surface area (Å²) in [5, 5.41) is 3.41. The van der Waals surface area contributed by atoms with Crippen LogP contribution in [0, 0.1) is 0 Å². The van der Waals surface area contributed by atoms with E-state index < -0.39 is 0 Å². The number of carbonyl (C=O) groups excluding carboxylic acids is 1. The number of quaternary nitrogens is 1. The second kappa shape index (κ2) is 5.77. The van der Waals surface area contributed by atoms with Gasteiger partial charge in [-0.25, -0.2) is 0 Å². The van der Waals surface area contributed by atoms with Gasteiger partial charge in [0.05, 0.1) is 26.0 Å². The third-order valence-electron chi connectivity index (χ3n) is 4.05. The average molecular weight is 289 g/mol. The summed E-state index contributed by atoms with van der Waals surface area (Å²) in [5.74, 6) is 0.726. The second-order valence-corrected chi connectivity index (χ2v) is 5.32. The number of nitrogens with two attached hydrogens (primary N) is 1. The van der Waals surface area contributed by atoms with Crippen LogP contribution in [-0.4, -0.2) is 31.2 Å². The van der Waals surface area contributed by atoms with E-state index in [9.17, 15) is 4.79 Å². The van der Waals surface area contributed by atoms with Crippen molar-refractivity contribution in [1.82, 2.24) is 4.98 Å². The molecule has 0 radical (unpaired) electrons. The Hall–Kier alpha value is -2.01. The molecule has 0 bridgehead atoms. The maximum Gasteiger partial charge on any atom is 0.312 e. The van der Waals surface area contributed by atoms with E-state index in [2.05, 4.69) is 16.4 Å². The van der Waals surface area contributed by atoms with Crippen molar-refractivity contribution in [2.75, 3.05) is 20.3 Å². The number of hydrogen-bond donors (Lipinski definition) is 2. The Labute approximate surface area is 123 Å². The van der Waals surface area contributed by atoms with Gasteiger partial charge < -0.3 is 19.8 Å². The molecule has 3 N–H and O–H groups in total. The fourth-order valence-electron chi connectivity index (χ4n) is 3.09. The SMILES string of the molecule is CCOC(=O)CC1[NH2+]CCc2c1[nH]c1ccc(OC)cc21. The lowest BCUT2D eigenvalue weighted by Crippen LogP contribution is -2.87. The number of carbonyl (C=O) groups is 1. The molecule has 3 rings (SSSR count). The summed E-state index contributed by atoms with van der Waals surface area (Å²) in [6.07, 6.45) is 1.41. The lowest BCUT2D eigenvalue weighted by Gasteiger charge is -2.20. The van der Waals surface area contributed by atoms with Gasteiger partial charge in [0.15, 0.2) is 0 Å². The van der Waals surface area contributed by atoms with E-state index in [-0.39, 0.29) is 12.0 Å². The van der Waals surface area contributed by atoms with E-state index in [1.165, 1.54) is 10.9 Å². The molecule has 5 heteroatoms. The molecular weight excluding hydrogens is 268 g/mol. The van der Waals surface area contributed by atoms with Crippen LogP contribution in [0.1, 0.15) is 30.6 Å². The molecule has 1 atom stereocenters. The minimum atomic E-state index is -0.136. The lowest BCUT2D eigenvalue weighted by molar-refractivity contribution is -0.698. The van der Waals surface area contributed by atoms with E-state index in [0.29, 0.717) is 13.0 Å². The Morgan fingerprint density at radius 1 is 1.48 bits per heavy atom. The number of benzene rings is 1. The lowest BCUT2D eigenvalue weighted by atomic mass is 9.97. The van der Waals surface area contributed by atoms with Crippen molar-refractivity contribution < 1.29 is 19.6 Å². The number of nitrogens with one attached hydrogen (secondary N) is 1. The summed E-state index contributed by atoms with van der Waals surface area (Å²) < 4.78 is 10.4. The number of hydrogen-bond acceptors (Lipinski definition) is 3. The zero-order valence-electron chi connectivity index (χ0n) is 12.4. The van der Waals surface area contributed by atoms with Gasteiger partial charge in [-0.1, -0.05) is 0 Å². The van der Waals surface area contributed by atoms with Crippen LogP contribution in [-0.2, 0) is 16.0 Å². The summed E-state index contributed by atoms with van der Waals surface area (Å²) in [5.41, 5.74) is 3.56. The van der Waals surface area contributed by atoms with Gasteiger partial charge in [-0.15, -0.1) is 0 Å². The molecule has 5 nitrogen and oxygen atoms in total. The third kappa shape index (κ3) is 2.61. The first kappa shape index (κ1) is 13.9. The number of fused-ring (bicyclic) bond motifs is 3. The normalized spacial score (nSPS) is 17.5. The predicted octanol–water partition coefficient (Wildman–Crippen LogP) is 1.29. The quantitative estimate of drug-likeness (QED) is 0.833. The standard InChI is InChI=1S/C16H20N2O3/c1-3-21-15(19)9-14-16-11(6-7-17-14)12-8-10(20-2)4-5-13(12)18-16/h4-5,8,14,17-18H,3,6-7,9H2,1-2H3/p+1. The highest BCUT2D eigenvalue weighted by Crippen LogP contribution is 2.31. The Morgan fingerprint density at radius 2 is 2.33 bits per heavy atom. The molecule has 112 valence electrons. The van der Waals surface area contributed by atoms with Gasteiger partial charge in [-0.2, -0.15) is 0 Å². The van der Waals surface area contributed by atoms with Crippen LogP contribution < -0.4 is 10.1 Å². The summed E-state index contributed by atoms with van der Waals surface area (Å²) in [6, 6.07) is 6.17. The van der Waals surface area contributed by atoms with Crippen molar-refractivity contribution in [3.63, 3.8) is 0 Å². The Kier molecular flexibility index (Phi) is 3.84. The highest BCUT2D eigenvalue weighted by molar-refractivity contribution is 5.86. The first-order valence-corrected chi connectivity index (χ1v) is 7.40. The highest BCUT2D eigenvalue weighted by Gasteiger charge is 2.29.